The van der Waals surface area contributed by atoms with E-state index in [1.807, 2.05) is 16.7 Å². The molecule has 0 saturated heterocycles. The van der Waals surface area contributed by atoms with Crippen molar-refractivity contribution in [1.82, 2.24) is 4.57 Å². The van der Waals surface area contributed by atoms with Gasteiger partial charge in [-0.2, -0.15) is 0 Å². The molecule has 1 aromatic carbocycles. The van der Waals surface area contributed by atoms with Crippen LogP contribution in [0.3, 0.4) is 0 Å². The Kier molecular flexibility index (Phi) is 4.51. The minimum atomic E-state index is 0.0210. The molecule has 1 N–H and O–H groups in total. The number of hydrogen-bond donors (Lipinski definition) is 1. The number of para-hydroxylation sites is 1. The number of aromatic nitrogens is 1. The summed E-state index contributed by atoms with van der Waals surface area (Å²) in [7, 11) is 0. The van der Waals surface area contributed by atoms with Crippen LogP contribution in [0.5, 0.6) is 5.75 Å². The van der Waals surface area contributed by atoms with Crippen molar-refractivity contribution in [3.8, 4) is 5.75 Å². The molecule has 0 aliphatic carbocycles. The van der Waals surface area contributed by atoms with Crippen LogP contribution in [-0.2, 0) is 19.4 Å². The molecular weight excluding hydrogens is 274 g/mol. The van der Waals surface area contributed by atoms with E-state index in [9.17, 15) is 9.90 Å². The van der Waals surface area contributed by atoms with E-state index < -0.39 is 0 Å². The molecule has 1 aromatic heterocycles. The maximum absolute atomic E-state index is 12.7. The highest BCUT2D eigenvalue weighted by Gasteiger charge is 2.20. The average Bonchev–Trinajstić information content (AvgIpc) is 2.55. The molecule has 0 unspecified atom stereocenters. The average molecular weight is 299 g/mol. The molecule has 3 nitrogen and oxygen atoms in total. The minimum Gasteiger partial charge on any atom is -0.507 e. The van der Waals surface area contributed by atoms with Gasteiger partial charge in [-0.3, -0.25) is 4.79 Å². The van der Waals surface area contributed by atoms with Gasteiger partial charge in [0.15, 0.2) is 0 Å². The topological polar surface area (TPSA) is 42.2 Å². The van der Waals surface area contributed by atoms with Crippen molar-refractivity contribution >= 4 is 10.9 Å². The fourth-order valence-electron chi connectivity index (χ4n) is 3.60. The Morgan fingerprint density at radius 1 is 1.18 bits per heavy atom. The van der Waals surface area contributed by atoms with Crippen molar-refractivity contribution in [2.45, 2.75) is 64.8 Å². The van der Waals surface area contributed by atoms with Crippen LogP contribution < -0.4 is 5.56 Å². The van der Waals surface area contributed by atoms with Gasteiger partial charge in [0.25, 0.3) is 5.56 Å². The molecule has 1 aliphatic rings. The van der Waals surface area contributed by atoms with E-state index in [1.54, 1.807) is 0 Å². The minimum absolute atomic E-state index is 0.0210. The fourth-order valence-corrected chi connectivity index (χ4v) is 3.60. The van der Waals surface area contributed by atoms with Crippen LogP contribution in [0, 0.1) is 0 Å². The highest BCUT2D eigenvalue weighted by atomic mass is 16.3. The summed E-state index contributed by atoms with van der Waals surface area (Å²) in [6.07, 6.45) is 8.48. The number of rotatable bonds is 6. The Labute approximate surface area is 131 Å². The van der Waals surface area contributed by atoms with Crippen molar-refractivity contribution in [3.05, 3.63) is 39.7 Å². The quantitative estimate of drug-likeness (QED) is 0.814. The van der Waals surface area contributed by atoms with Crippen molar-refractivity contribution in [3.63, 3.8) is 0 Å². The summed E-state index contributed by atoms with van der Waals surface area (Å²) in [5.41, 5.74) is 2.77. The molecule has 118 valence electrons. The molecule has 0 fully saturated rings. The van der Waals surface area contributed by atoms with Gasteiger partial charge in [0.05, 0.1) is 11.1 Å². The van der Waals surface area contributed by atoms with Gasteiger partial charge >= 0.3 is 0 Å². The van der Waals surface area contributed by atoms with Crippen LogP contribution >= 0.6 is 0 Å². The standard InChI is InChI=1S/C19H25NO2/c1-2-3-4-5-6-11-16-18(21)15-12-7-9-14-10-8-13-20(17(14)15)19(16)22/h7,9,12,21H,2-6,8,10-11,13H2,1H3. The maximum Gasteiger partial charge on any atom is 0.257 e. The fraction of sp³-hybridized carbons (Fsp3) is 0.526. The summed E-state index contributed by atoms with van der Waals surface area (Å²) in [6.45, 7) is 2.97. The predicted molar refractivity (Wildman–Crippen MR) is 90.7 cm³/mol. The summed E-state index contributed by atoms with van der Waals surface area (Å²) in [6, 6.07) is 6.00. The Morgan fingerprint density at radius 2 is 2.00 bits per heavy atom. The molecule has 0 bridgehead atoms. The largest absolute Gasteiger partial charge is 0.507 e. The molecule has 3 heteroatoms. The smallest absolute Gasteiger partial charge is 0.257 e. The van der Waals surface area contributed by atoms with Crippen LogP contribution in [0.4, 0.5) is 0 Å². The van der Waals surface area contributed by atoms with Crippen LogP contribution in [0.15, 0.2) is 23.0 Å². The van der Waals surface area contributed by atoms with E-state index in [0.29, 0.717) is 12.0 Å². The Bertz CT molecular complexity index is 730. The predicted octanol–water partition coefficient (Wildman–Crippen LogP) is 4.17. The zero-order valence-corrected chi connectivity index (χ0v) is 13.4. The maximum atomic E-state index is 12.7. The molecule has 0 radical (unpaired) electrons. The van der Waals surface area contributed by atoms with Gasteiger partial charge in [0, 0.05) is 11.9 Å². The first-order chi connectivity index (χ1) is 10.7. The van der Waals surface area contributed by atoms with Gasteiger partial charge in [0.2, 0.25) is 0 Å². The molecule has 0 atom stereocenters. The number of pyridine rings is 1. The third-order valence-corrected chi connectivity index (χ3v) is 4.79. The third-order valence-electron chi connectivity index (χ3n) is 4.79. The second-order valence-corrected chi connectivity index (χ2v) is 6.37. The molecule has 0 amide bonds. The molecule has 0 spiro atoms. The van der Waals surface area contributed by atoms with Gasteiger partial charge in [-0.15, -0.1) is 0 Å². The van der Waals surface area contributed by atoms with Crippen molar-refractivity contribution in [1.29, 1.82) is 0 Å². The zero-order valence-electron chi connectivity index (χ0n) is 13.4. The third kappa shape index (κ3) is 2.65. The highest BCUT2D eigenvalue weighted by molar-refractivity contribution is 5.89. The number of benzene rings is 1. The molecule has 3 rings (SSSR count). The number of aromatic hydroxyl groups is 1. The van der Waals surface area contributed by atoms with E-state index in [-0.39, 0.29) is 11.3 Å². The monoisotopic (exact) mass is 299 g/mol. The van der Waals surface area contributed by atoms with Crippen LogP contribution in [0.1, 0.15) is 56.6 Å². The summed E-state index contributed by atoms with van der Waals surface area (Å²) in [5, 5.41) is 11.4. The first-order valence-corrected chi connectivity index (χ1v) is 8.60. The zero-order chi connectivity index (χ0) is 15.5. The lowest BCUT2D eigenvalue weighted by Gasteiger charge is -2.21. The normalized spacial score (nSPS) is 13.7. The van der Waals surface area contributed by atoms with Gasteiger partial charge in [0.1, 0.15) is 5.75 Å². The SMILES string of the molecule is CCCCCCCc1c(O)c2cccc3c2n(c1=O)CCC3. The lowest BCUT2D eigenvalue weighted by Crippen LogP contribution is -2.27. The van der Waals surface area contributed by atoms with E-state index in [2.05, 4.69) is 13.0 Å². The summed E-state index contributed by atoms with van der Waals surface area (Å²) >= 11 is 0. The Balaban J connectivity index is 1.96. The van der Waals surface area contributed by atoms with E-state index >= 15 is 0 Å². The molecule has 1 aliphatic heterocycles. The first-order valence-electron chi connectivity index (χ1n) is 8.60. The highest BCUT2D eigenvalue weighted by Crippen LogP contribution is 2.32. The second-order valence-electron chi connectivity index (χ2n) is 6.37. The molecule has 22 heavy (non-hydrogen) atoms. The molecule has 2 aromatic rings. The van der Waals surface area contributed by atoms with Gasteiger partial charge < -0.3 is 9.67 Å². The molecular formula is C19H25NO2. The van der Waals surface area contributed by atoms with Gasteiger partial charge in [-0.1, -0.05) is 44.7 Å². The molecule has 0 saturated carbocycles. The number of unbranched alkanes of at least 4 members (excludes halogenated alkanes) is 4. The van der Waals surface area contributed by atoms with Crippen molar-refractivity contribution in [2.24, 2.45) is 0 Å². The lowest BCUT2D eigenvalue weighted by molar-refractivity contribution is 0.466. The van der Waals surface area contributed by atoms with Crippen molar-refractivity contribution < 1.29 is 5.11 Å². The van der Waals surface area contributed by atoms with Crippen LogP contribution in [-0.4, -0.2) is 9.67 Å². The van der Waals surface area contributed by atoms with Crippen LogP contribution in [0.2, 0.25) is 0 Å². The first kappa shape index (κ1) is 15.1. The summed E-state index contributed by atoms with van der Waals surface area (Å²) in [4.78, 5) is 12.7. The molecule has 2 heterocycles. The summed E-state index contributed by atoms with van der Waals surface area (Å²) < 4.78 is 1.88. The second kappa shape index (κ2) is 6.55. The number of aryl methyl sites for hydroxylation is 2. The lowest BCUT2D eigenvalue weighted by atomic mass is 9.97. The van der Waals surface area contributed by atoms with Gasteiger partial charge in [-0.25, -0.2) is 0 Å². The van der Waals surface area contributed by atoms with E-state index in [1.165, 1.54) is 24.8 Å². The van der Waals surface area contributed by atoms with E-state index in [0.717, 1.165) is 43.1 Å². The Hall–Kier alpha value is -1.77. The van der Waals surface area contributed by atoms with Crippen molar-refractivity contribution in [2.75, 3.05) is 0 Å². The number of nitrogens with zero attached hydrogens (tertiary/aromatic N) is 1. The van der Waals surface area contributed by atoms with E-state index in [4.69, 9.17) is 0 Å². The Morgan fingerprint density at radius 3 is 2.82 bits per heavy atom. The van der Waals surface area contributed by atoms with Crippen LogP contribution in [0.25, 0.3) is 10.9 Å². The number of hydrogen-bond acceptors (Lipinski definition) is 2. The summed E-state index contributed by atoms with van der Waals surface area (Å²) in [5.74, 6) is 0.218. The van der Waals surface area contributed by atoms with Gasteiger partial charge in [-0.05, 0) is 37.3 Å².